The molecular weight excluding hydrogens is 251 g/mol. The van der Waals surface area contributed by atoms with E-state index in [4.69, 9.17) is 5.11 Å². The van der Waals surface area contributed by atoms with Crippen LogP contribution in [0.2, 0.25) is 0 Å². The van der Waals surface area contributed by atoms with Crippen molar-refractivity contribution in [3.63, 3.8) is 0 Å². The van der Waals surface area contributed by atoms with Gasteiger partial charge in [-0.15, -0.1) is 0 Å². The number of carboxylic acid groups (broad SMARTS) is 1. The van der Waals surface area contributed by atoms with Crippen LogP contribution in [0.25, 0.3) is 0 Å². The van der Waals surface area contributed by atoms with Crippen LogP contribution in [0.5, 0.6) is 0 Å². The summed E-state index contributed by atoms with van der Waals surface area (Å²) in [5, 5.41) is 8.72. The van der Waals surface area contributed by atoms with E-state index in [1.54, 1.807) is 0 Å². The van der Waals surface area contributed by atoms with Gasteiger partial charge < -0.3 is 10.0 Å². The molecule has 0 aromatic carbocycles. The monoisotopic (exact) mass is 268 g/mol. The van der Waals surface area contributed by atoms with Crippen LogP contribution in [0.3, 0.4) is 0 Å². The molecule has 1 rings (SSSR count). The molecule has 0 atom stereocenters. The Kier molecular flexibility index (Phi) is 4.58. The predicted octanol–water partition coefficient (Wildman–Crippen LogP) is 1.94. The third kappa shape index (κ3) is 4.31. The highest BCUT2D eigenvalue weighted by Gasteiger charge is 2.27. The van der Waals surface area contributed by atoms with Gasteiger partial charge in [-0.25, -0.2) is 4.98 Å². The van der Waals surface area contributed by atoms with E-state index in [0.29, 0.717) is 0 Å². The third-order valence-electron chi connectivity index (χ3n) is 2.58. The Labute approximate surface area is 111 Å². The summed E-state index contributed by atoms with van der Waals surface area (Å²) in [5.41, 5.74) is -0.289. The van der Waals surface area contributed by atoms with Gasteiger partial charge in [-0.05, 0) is 32.9 Å². The van der Waals surface area contributed by atoms with Crippen LogP contribution in [-0.2, 0) is 4.79 Å². The van der Waals surface area contributed by atoms with Gasteiger partial charge in [-0.1, -0.05) is 0 Å². The minimum absolute atomic E-state index is 0.0923. The molecule has 5 nitrogen and oxygen atoms in total. The van der Waals surface area contributed by atoms with Gasteiger partial charge in [0.05, 0.1) is 12.0 Å². The van der Waals surface area contributed by atoms with Crippen molar-refractivity contribution in [2.75, 3.05) is 6.54 Å². The molecule has 1 heterocycles. The molecule has 1 amide bonds. The number of carbonyl (C=O) groups is 2. The normalized spacial score (nSPS) is 11.2. The Balaban J connectivity index is 2.94. The number of halogens is 1. The molecule has 104 valence electrons. The van der Waals surface area contributed by atoms with Gasteiger partial charge in [0.1, 0.15) is 0 Å². The highest BCUT2D eigenvalue weighted by atomic mass is 19.1. The van der Waals surface area contributed by atoms with Crippen molar-refractivity contribution in [2.24, 2.45) is 0 Å². The first-order chi connectivity index (χ1) is 8.71. The largest absolute Gasteiger partial charge is 0.481 e. The molecule has 1 aromatic rings. The Morgan fingerprint density at radius 3 is 2.42 bits per heavy atom. The third-order valence-corrected chi connectivity index (χ3v) is 2.58. The van der Waals surface area contributed by atoms with Crippen molar-refractivity contribution in [1.29, 1.82) is 0 Å². The molecular formula is C13H17FN2O3. The molecule has 0 saturated heterocycles. The molecule has 0 spiro atoms. The lowest BCUT2D eigenvalue weighted by Crippen LogP contribution is -2.46. The summed E-state index contributed by atoms with van der Waals surface area (Å²) in [4.78, 5) is 27.8. The zero-order valence-corrected chi connectivity index (χ0v) is 11.2. The van der Waals surface area contributed by atoms with Crippen LogP contribution in [0.4, 0.5) is 4.39 Å². The minimum atomic E-state index is -0.973. The Bertz CT molecular complexity index is 466. The van der Waals surface area contributed by atoms with Crippen LogP contribution in [0.1, 0.15) is 37.6 Å². The predicted molar refractivity (Wildman–Crippen MR) is 67.2 cm³/mol. The lowest BCUT2D eigenvalue weighted by Gasteiger charge is -2.35. The second-order valence-corrected chi connectivity index (χ2v) is 5.14. The first-order valence-corrected chi connectivity index (χ1v) is 5.87. The summed E-state index contributed by atoms with van der Waals surface area (Å²) in [7, 11) is 0. The molecule has 0 fully saturated rings. The molecule has 0 aliphatic rings. The number of pyridine rings is 1. The second kappa shape index (κ2) is 5.77. The molecule has 1 N–H and O–H groups in total. The van der Waals surface area contributed by atoms with Gasteiger partial charge in [0, 0.05) is 18.3 Å². The molecule has 0 bridgehead atoms. The van der Waals surface area contributed by atoms with Crippen molar-refractivity contribution in [3.05, 3.63) is 29.8 Å². The van der Waals surface area contributed by atoms with E-state index in [9.17, 15) is 14.0 Å². The van der Waals surface area contributed by atoms with Gasteiger partial charge in [0.15, 0.2) is 0 Å². The summed E-state index contributed by atoms with van der Waals surface area (Å²) < 4.78 is 12.7. The number of aliphatic carboxylic acids is 1. The fourth-order valence-electron chi connectivity index (χ4n) is 1.61. The van der Waals surface area contributed by atoms with Crippen LogP contribution in [-0.4, -0.2) is 39.0 Å². The van der Waals surface area contributed by atoms with E-state index in [1.807, 2.05) is 20.8 Å². The second-order valence-electron chi connectivity index (χ2n) is 5.14. The molecule has 0 saturated carbocycles. The van der Waals surface area contributed by atoms with Gasteiger partial charge >= 0.3 is 5.97 Å². The maximum atomic E-state index is 12.7. The average Bonchev–Trinajstić information content (AvgIpc) is 2.27. The van der Waals surface area contributed by atoms with E-state index in [1.165, 1.54) is 11.0 Å². The van der Waals surface area contributed by atoms with E-state index in [-0.39, 0.29) is 24.4 Å². The quantitative estimate of drug-likeness (QED) is 0.847. The summed E-state index contributed by atoms with van der Waals surface area (Å²) in [6.45, 7) is 5.52. The first-order valence-electron chi connectivity index (χ1n) is 5.87. The Hall–Kier alpha value is -1.98. The van der Waals surface area contributed by atoms with Gasteiger partial charge in [-0.3, -0.25) is 9.59 Å². The standard InChI is InChI=1S/C13H17FN2O3/c1-13(2,3)16(7-6-11(17)18)12(19)9-4-5-10(14)15-8-9/h4-5,8H,6-7H2,1-3H3,(H,17,18). The number of hydrogen-bond acceptors (Lipinski definition) is 3. The Morgan fingerprint density at radius 1 is 1.37 bits per heavy atom. The number of rotatable bonds is 4. The van der Waals surface area contributed by atoms with Crippen molar-refractivity contribution < 1.29 is 19.1 Å². The fourth-order valence-corrected chi connectivity index (χ4v) is 1.61. The van der Waals surface area contributed by atoms with E-state index >= 15 is 0 Å². The molecule has 0 aliphatic heterocycles. The van der Waals surface area contributed by atoms with Gasteiger partial charge in [-0.2, -0.15) is 4.39 Å². The van der Waals surface area contributed by atoms with Crippen molar-refractivity contribution in [2.45, 2.75) is 32.7 Å². The topological polar surface area (TPSA) is 70.5 Å². The van der Waals surface area contributed by atoms with Gasteiger partial charge in [0.2, 0.25) is 5.95 Å². The number of carboxylic acids is 1. The number of amides is 1. The summed E-state index contributed by atoms with van der Waals surface area (Å²) >= 11 is 0. The van der Waals surface area contributed by atoms with Crippen molar-refractivity contribution in [3.8, 4) is 0 Å². The first kappa shape index (κ1) is 15.1. The number of nitrogens with zero attached hydrogens (tertiary/aromatic N) is 2. The molecule has 0 aliphatic carbocycles. The summed E-state index contributed by atoms with van der Waals surface area (Å²) in [6.07, 6.45) is 1.01. The van der Waals surface area contributed by atoms with E-state index < -0.39 is 17.5 Å². The zero-order chi connectivity index (χ0) is 14.6. The SMILES string of the molecule is CC(C)(C)N(CCC(=O)O)C(=O)c1ccc(F)nc1. The maximum absolute atomic E-state index is 12.7. The molecule has 19 heavy (non-hydrogen) atoms. The minimum Gasteiger partial charge on any atom is -0.481 e. The molecule has 1 aromatic heterocycles. The van der Waals surface area contributed by atoms with Crippen LogP contribution in [0, 0.1) is 5.95 Å². The lowest BCUT2D eigenvalue weighted by atomic mass is 10.0. The van der Waals surface area contributed by atoms with E-state index in [0.717, 1.165) is 12.3 Å². The Morgan fingerprint density at radius 2 is 2.00 bits per heavy atom. The summed E-state index contributed by atoms with van der Waals surface area (Å²) in [5.74, 6) is -2.00. The van der Waals surface area contributed by atoms with Crippen LogP contribution >= 0.6 is 0 Å². The molecule has 0 radical (unpaired) electrons. The molecule has 6 heteroatoms. The fraction of sp³-hybridized carbons (Fsp3) is 0.462. The molecule has 0 unspecified atom stereocenters. The smallest absolute Gasteiger partial charge is 0.305 e. The highest BCUT2D eigenvalue weighted by Crippen LogP contribution is 2.17. The highest BCUT2D eigenvalue weighted by molar-refractivity contribution is 5.94. The zero-order valence-electron chi connectivity index (χ0n) is 11.2. The van der Waals surface area contributed by atoms with Crippen LogP contribution in [0.15, 0.2) is 18.3 Å². The van der Waals surface area contributed by atoms with E-state index in [2.05, 4.69) is 4.98 Å². The van der Waals surface area contributed by atoms with Gasteiger partial charge in [0.25, 0.3) is 5.91 Å². The summed E-state index contributed by atoms with van der Waals surface area (Å²) in [6, 6.07) is 2.44. The number of carbonyl (C=O) groups excluding carboxylic acids is 1. The number of aromatic nitrogens is 1. The maximum Gasteiger partial charge on any atom is 0.305 e. The number of hydrogen-bond donors (Lipinski definition) is 1. The van der Waals surface area contributed by atoms with Crippen molar-refractivity contribution in [1.82, 2.24) is 9.88 Å². The van der Waals surface area contributed by atoms with Crippen molar-refractivity contribution >= 4 is 11.9 Å². The van der Waals surface area contributed by atoms with Crippen LogP contribution < -0.4 is 0 Å². The lowest BCUT2D eigenvalue weighted by molar-refractivity contribution is -0.137. The average molecular weight is 268 g/mol.